The summed E-state index contributed by atoms with van der Waals surface area (Å²) in [5, 5.41) is 0. The Kier molecular flexibility index (Phi) is 7.51. The Labute approximate surface area is 179 Å². The molecule has 1 aromatic carbocycles. The minimum absolute atomic E-state index is 0.0588. The largest absolute Gasteiger partial charge is 0.467 e. The van der Waals surface area contributed by atoms with E-state index in [1.54, 1.807) is 27.8 Å². The van der Waals surface area contributed by atoms with Crippen molar-refractivity contribution in [1.82, 2.24) is 9.80 Å². The van der Waals surface area contributed by atoms with Gasteiger partial charge in [-0.25, -0.2) is 14.4 Å². The van der Waals surface area contributed by atoms with Crippen molar-refractivity contribution in [1.29, 1.82) is 0 Å². The molecule has 2 rings (SSSR count). The van der Waals surface area contributed by atoms with Crippen LogP contribution in [0, 0.1) is 0 Å². The third-order valence-electron chi connectivity index (χ3n) is 4.31. The number of hydrogen-bond donors (Lipinski definition) is 0. The van der Waals surface area contributed by atoms with Gasteiger partial charge in [0.15, 0.2) is 0 Å². The lowest BCUT2D eigenvalue weighted by molar-refractivity contribution is -0.145. The van der Waals surface area contributed by atoms with Crippen LogP contribution < -0.4 is 0 Å². The van der Waals surface area contributed by atoms with Gasteiger partial charge < -0.3 is 19.1 Å². The SMILES string of the molecule is COC(=O)[C@@H]1C[C@@H](OC(=O)N(C)Cc2ccccc2Br)CN1C(=O)OC(C)(C)C. The van der Waals surface area contributed by atoms with E-state index >= 15 is 0 Å². The summed E-state index contributed by atoms with van der Waals surface area (Å²) in [5.41, 5.74) is 0.219. The molecule has 1 heterocycles. The topological polar surface area (TPSA) is 85.4 Å². The third kappa shape index (κ3) is 6.35. The van der Waals surface area contributed by atoms with Gasteiger partial charge in [0.25, 0.3) is 0 Å². The van der Waals surface area contributed by atoms with Gasteiger partial charge in [0.2, 0.25) is 0 Å². The van der Waals surface area contributed by atoms with Gasteiger partial charge in [0.05, 0.1) is 13.7 Å². The zero-order valence-electron chi connectivity index (χ0n) is 17.3. The molecule has 0 saturated carbocycles. The molecule has 8 nitrogen and oxygen atoms in total. The predicted octanol–water partition coefficient (Wildman–Crippen LogP) is 3.57. The van der Waals surface area contributed by atoms with Crippen LogP contribution in [0.1, 0.15) is 32.8 Å². The van der Waals surface area contributed by atoms with Crippen LogP contribution >= 0.6 is 15.9 Å². The zero-order chi connectivity index (χ0) is 21.8. The summed E-state index contributed by atoms with van der Waals surface area (Å²) >= 11 is 3.45. The minimum atomic E-state index is -0.860. The van der Waals surface area contributed by atoms with Crippen LogP contribution in [-0.2, 0) is 25.5 Å². The number of esters is 1. The normalized spacial score (nSPS) is 18.9. The lowest BCUT2D eigenvalue weighted by Crippen LogP contribution is -2.44. The van der Waals surface area contributed by atoms with Crippen molar-refractivity contribution in [3.05, 3.63) is 34.3 Å². The van der Waals surface area contributed by atoms with Gasteiger partial charge in [-0.2, -0.15) is 0 Å². The molecule has 1 aliphatic heterocycles. The summed E-state index contributed by atoms with van der Waals surface area (Å²) in [6.07, 6.45) is -1.67. The number of amides is 2. The first-order valence-corrected chi connectivity index (χ1v) is 10.0. The highest BCUT2D eigenvalue weighted by Gasteiger charge is 2.44. The van der Waals surface area contributed by atoms with Gasteiger partial charge >= 0.3 is 18.2 Å². The molecular weight excluding hydrogens is 444 g/mol. The Hall–Kier alpha value is -2.29. The molecule has 0 unspecified atom stereocenters. The maximum absolute atomic E-state index is 12.5. The highest BCUT2D eigenvalue weighted by atomic mass is 79.9. The van der Waals surface area contributed by atoms with Crippen LogP contribution in [0.4, 0.5) is 9.59 Å². The van der Waals surface area contributed by atoms with Crippen molar-refractivity contribution in [2.24, 2.45) is 0 Å². The number of hydrogen-bond acceptors (Lipinski definition) is 6. The van der Waals surface area contributed by atoms with Crippen LogP contribution in [-0.4, -0.2) is 66.4 Å². The van der Waals surface area contributed by atoms with Crippen LogP contribution in [0.15, 0.2) is 28.7 Å². The van der Waals surface area contributed by atoms with Crippen LogP contribution in [0.5, 0.6) is 0 Å². The second kappa shape index (κ2) is 9.47. The van der Waals surface area contributed by atoms with Gasteiger partial charge in [-0.05, 0) is 32.4 Å². The Morgan fingerprint density at radius 2 is 1.90 bits per heavy atom. The van der Waals surface area contributed by atoms with Crippen molar-refractivity contribution in [3.8, 4) is 0 Å². The smallest absolute Gasteiger partial charge is 0.411 e. The number of halogens is 1. The first-order chi connectivity index (χ1) is 13.5. The van der Waals surface area contributed by atoms with Gasteiger partial charge in [-0.15, -0.1) is 0 Å². The number of benzene rings is 1. The third-order valence-corrected chi connectivity index (χ3v) is 5.08. The fourth-order valence-corrected chi connectivity index (χ4v) is 3.35. The second-order valence-electron chi connectivity index (χ2n) is 7.86. The highest BCUT2D eigenvalue weighted by molar-refractivity contribution is 9.10. The molecule has 0 N–H and O–H groups in total. The lowest BCUT2D eigenvalue weighted by Gasteiger charge is -2.27. The molecule has 0 aliphatic carbocycles. The number of carbonyl (C=O) groups is 3. The summed E-state index contributed by atoms with van der Waals surface area (Å²) in [6.45, 7) is 5.62. The van der Waals surface area contributed by atoms with Crippen LogP contribution in [0.3, 0.4) is 0 Å². The molecule has 0 aromatic heterocycles. The van der Waals surface area contributed by atoms with E-state index in [0.29, 0.717) is 6.54 Å². The summed E-state index contributed by atoms with van der Waals surface area (Å²) in [4.78, 5) is 39.8. The van der Waals surface area contributed by atoms with Crippen molar-refractivity contribution in [3.63, 3.8) is 0 Å². The van der Waals surface area contributed by atoms with E-state index in [9.17, 15) is 14.4 Å². The molecule has 160 valence electrons. The summed E-state index contributed by atoms with van der Waals surface area (Å²) in [5.74, 6) is -0.573. The summed E-state index contributed by atoms with van der Waals surface area (Å²) in [6, 6.07) is 6.71. The number of carbonyl (C=O) groups excluding carboxylic acids is 3. The molecule has 1 saturated heterocycles. The number of likely N-dealkylation sites (tertiary alicyclic amines) is 1. The minimum Gasteiger partial charge on any atom is -0.467 e. The standard InChI is InChI=1S/C20H27BrN2O6/c1-20(2,3)29-19(26)23-12-14(10-16(23)17(24)27-5)28-18(25)22(4)11-13-8-6-7-9-15(13)21/h6-9,14,16H,10-12H2,1-5H3/t14-,16+/m1/s1. The van der Waals surface area contributed by atoms with Gasteiger partial charge in [0, 0.05) is 24.5 Å². The molecule has 0 radical (unpaired) electrons. The average Bonchev–Trinajstić information content (AvgIpc) is 3.05. The fraction of sp³-hybridized carbons (Fsp3) is 0.550. The van der Waals surface area contributed by atoms with Crippen molar-refractivity contribution >= 4 is 34.1 Å². The summed E-state index contributed by atoms with van der Waals surface area (Å²) < 4.78 is 16.6. The maximum atomic E-state index is 12.5. The lowest BCUT2D eigenvalue weighted by atomic mass is 10.2. The molecule has 1 aliphatic rings. The molecule has 1 fully saturated rings. The van der Waals surface area contributed by atoms with Gasteiger partial charge in [-0.3, -0.25) is 4.90 Å². The van der Waals surface area contributed by atoms with E-state index in [2.05, 4.69) is 15.9 Å². The number of rotatable bonds is 4. The number of ether oxygens (including phenoxy) is 3. The quantitative estimate of drug-likeness (QED) is 0.493. The Morgan fingerprint density at radius 1 is 1.24 bits per heavy atom. The van der Waals surface area contributed by atoms with E-state index in [-0.39, 0.29) is 13.0 Å². The van der Waals surface area contributed by atoms with E-state index < -0.39 is 35.9 Å². The Bertz CT molecular complexity index is 764. The predicted molar refractivity (Wildman–Crippen MR) is 109 cm³/mol. The molecule has 29 heavy (non-hydrogen) atoms. The second-order valence-corrected chi connectivity index (χ2v) is 8.71. The molecule has 9 heteroatoms. The van der Waals surface area contributed by atoms with Gasteiger partial charge in [0.1, 0.15) is 17.7 Å². The van der Waals surface area contributed by atoms with Crippen LogP contribution in [0.25, 0.3) is 0 Å². The van der Waals surface area contributed by atoms with Gasteiger partial charge in [-0.1, -0.05) is 34.1 Å². The van der Waals surface area contributed by atoms with Crippen LogP contribution in [0.2, 0.25) is 0 Å². The van der Waals surface area contributed by atoms with E-state index in [0.717, 1.165) is 10.0 Å². The monoisotopic (exact) mass is 470 g/mol. The van der Waals surface area contributed by atoms with E-state index in [1.165, 1.54) is 16.9 Å². The van der Waals surface area contributed by atoms with E-state index in [1.807, 2.05) is 24.3 Å². The molecular formula is C20H27BrN2O6. The fourth-order valence-electron chi connectivity index (χ4n) is 2.94. The molecule has 0 spiro atoms. The molecule has 1 aromatic rings. The molecule has 2 amide bonds. The number of nitrogens with zero attached hydrogens (tertiary/aromatic N) is 2. The first kappa shape index (κ1) is 23.0. The van der Waals surface area contributed by atoms with Crippen molar-refractivity contribution in [2.75, 3.05) is 20.7 Å². The van der Waals surface area contributed by atoms with E-state index in [4.69, 9.17) is 14.2 Å². The molecule has 0 bridgehead atoms. The highest BCUT2D eigenvalue weighted by Crippen LogP contribution is 2.25. The van der Waals surface area contributed by atoms with Crippen molar-refractivity contribution < 1.29 is 28.6 Å². The Morgan fingerprint density at radius 3 is 2.48 bits per heavy atom. The average molecular weight is 471 g/mol. The molecule has 2 atom stereocenters. The Balaban J connectivity index is 2.02. The maximum Gasteiger partial charge on any atom is 0.411 e. The zero-order valence-corrected chi connectivity index (χ0v) is 18.9. The number of methoxy groups -OCH3 is 1. The first-order valence-electron chi connectivity index (χ1n) is 9.24. The van der Waals surface area contributed by atoms with Crippen molar-refractivity contribution in [2.45, 2.75) is 51.5 Å². The summed E-state index contributed by atoms with van der Waals surface area (Å²) in [7, 11) is 2.88.